The number of ether oxygens (including phenoxy) is 1. The quantitative estimate of drug-likeness (QED) is 0.638. The summed E-state index contributed by atoms with van der Waals surface area (Å²) in [7, 11) is -1.44. The third-order valence-electron chi connectivity index (χ3n) is 4.15. The molecule has 2 bridgehead atoms. The van der Waals surface area contributed by atoms with Crippen molar-refractivity contribution in [3.63, 3.8) is 0 Å². The number of fused-ring (bicyclic) bond motifs is 5. The molecule has 1 aromatic carbocycles. The Balaban J connectivity index is 2.11. The number of unbranched alkanes of at least 4 members (excludes halogenated alkanes) is 1. The van der Waals surface area contributed by atoms with Gasteiger partial charge in [-0.15, -0.1) is 0 Å². The van der Waals surface area contributed by atoms with E-state index in [9.17, 15) is 10.0 Å². The molecule has 3 nitrogen and oxygen atoms in total. The molecule has 2 unspecified atom stereocenters. The SMILES string of the molecule is CCCCC12C=CC(O1)c1c(B(O)O)cc(C)cc12. The van der Waals surface area contributed by atoms with Crippen LogP contribution in [0.15, 0.2) is 24.3 Å². The Labute approximate surface area is 114 Å². The molecule has 19 heavy (non-hydrogen) atoms. The lowest BCUT2D eigenvalue weighted by Crippen LogP contribution is -2.35. The average molecular weight is 258 g/mol. The lowest BCUT2D eigenvalue weighted by Gasteiger charge is -2.25. The first-order valence-corrected chi connectivity index (χ1v) is 6.95. The topological polar surface area (TPSA) is 49.7 Å². The molecule has 0 saturated carbocycles. The van der Waals surface area contributed by atoms with E-state index in [4.69, 9.17) is 4.74 Å². The second-order valence-electron chi connectivity index (χ2n) is 5.58. The standard InChI is InChI=1S/C15H19BO3/c1-3-4-6-15-7-5-13(19-15)14-11(15)8-10(2)9-12(14)16(17)18/h5,7-9,13,17-18H,3-4,6H2,1-2H3. The summed E-state index contributed by atoms with van der Waals surface area (Å²) in [6, 6.07) is 3.97. The second kappa shape index (κ2) is 4.48. The first-order chi connectivity index (χ1) is 9.07. The smallest absolute Gasteiger partial charge is 0.423 e. The van der Waals surface area contributed by atoms with E-state index in [0.29, 0.717) is 5.46 Å². The van der Waals surface area contributed by atoms with E-state index in [1.54, 1.807) is 0 Å². The Hall–Kier alpha value is -1.10. The molecule has 2 aliphatic rings. The highest BCUT2D eigenvalue weighted by Crippen LogP contribution is 2.52. The maximum atomic E-state index is 9.58. The minimum atomic E-state index is -1.44. The first kappa shape index (κ1) is 12.9. The molecule has 100 valence electrons. The molecule has 0 fully saturated rings. The van der Waals surface area contributed by atoms with Gasteiger partial charge in [0.15, 0.2) is 0 Å². The zero-order valence-corrected chi connectivity index (χ0v) is 11.4. The number of hydrogen-bond donors (Lipinski definition) is 2. The number of benzene rings is 1. The minimum Gasteiger partial charge on any atom is -0.423 e. The predicted molar refractivity (Wildman–Crippen MR) is 75.2 cm³/mol. The maximum absolute atomic E-state index is 9.58. The molecule has 0 aliphatic carbocycles. The normalized spacial score (nSPS) is 26.8. The summed E-state index contributed by atoms with van der Waals surface area (Å²) in [5, 5.41) is 19.2. The third kappa shape index (κ3) is 1.86. The number of rotatable bonds is 4. The monoisotopic (exact) mass is 258 g/mol. The molecule has 2 atom stereocenters. The minimum absolute atomic E-state index is 0.121. The van der Waals surface area contributed by atoms with Crippen LogP contribution < -0.4 is 5.46 Å². The van der Waals surface area contributed by atoms with Crippen molar-refractivity contribution in [2.24, 2.45) is 0 Å². The molecule has 0 spiro atoms. The Bertz CT molecular complexity index is 538. The lowest BCUT2D eigenvalue weighted by atomic mass is 9.70. The fourth-order valence-corrected chi connectivity index (χ4v) is 3.28. The summed E-state index contributed by atoms with van der Waals surface area (Å²) in [6.07, 6.45) is 7.24. The Morgan fingerprint density at radius 2 is 2.16 bits per heavy atom. The molecule has 0 amide bonds. The van der Waals surface area contributed by atoms with Crippen LogP contribution in [0.4, 0.5) is 0 Å². The molecule has 2 N–H and O–H groups in total. The highest BCUT2D eigenvalue weighted by atomic mass is 16.5. The van der Waals surface area contributed by atoms with Gasteiger partial charge in [-0.2, -0.15) is 0 Å². The number of hydrogen-bond acceptors (Lipinski definition) is 3. The summed E-state index contributed by atoms with van der Waals surface area (Å²) in [6.45, 7) is 4.15. The summed E-state index contributed by atoms with van der Waals surface area (Å²) >= 11 is 0. The molecule has 1 aromatic rings. The van der Waals surface area contributed by atoms with Crippen molar-refractivity contribution in [3.8, 4) is 0 Å². The number of aryl methyl sites for hydroxylation is 1. The van der Waals surface area contributed by atoms with Crippen molar-refractivity contribution in [1.29, 1.82) is 0 Å². The first-order valence-electron chi connectivity index (χ1n) is 6.95. The van der Waals surface area contributed by atoms with Crippen LogP contribution in [0.1, 0.15) is 49.0 Å². The van der Waals surface area contributed by atoms with E-state index >= 15 is 0 Å². The summed E-state index contributed by atoms with van der Waals surface area (Å²) in [5.41, 5.74) is 3.37. The molecule has 0 saturated heterocycles. The van der Waals surface area contributed by atoms with E-state index in [-0.39, 0.29) is 11.7 Å². The van der Waals surface area contributed by atoms with E-state index in [2.05, 4.69) is 19.1 Å². The summed E-state index contributed by atoms with van der Waals surface area (Å²) in [4.78, 5) is 0. The van der Waals surface area contributed by atoms with Gasteiger partial charge < -0.3 is 14.8 Å². The van der Waals surface area contributed by atoms with Crippen LogP contribution in [-0.4, -0.2) is 17.2 Å². The third-order valence-corrected chi connectivity index (χ3v) is 4.15. The molecule has 2 aliphatic heterocycles. The van der Waals surface area contributed by atoms with Gasteiger partial charge in [0.1, 0.15) is 11.7 Å². The maximum Gasteiger partial charge on any atom is 0.488 e. The molecule has 0 aromatic heterocycles. The summed E-state index contributed by atoms with van der Waals surface area (Å²) < 4.78 is 6.14. The van der Waals surface area contributed by atoms with Crippen molar-refractivity contribution in [2.75, 3.05) is 0 Å². The Kier molecular flexibility index (Phi) is 3.04. The van der Waals surface area contributed by atoms with Gasteiger partial charge in [0.2, 0.25) is 0 Å². The van der Waals surface area contributed by atoms with Gasteiger partial charge in [-0.1, -0.05) is 43.5 Å². The van der Waals surface area contributed by atoms with Crippen molar-refractivity contribution in [3.05, 3.63) is 41.0 Å². The van der Waals surface area contributed by atoms with Gasteiger partial charge in [-0.05, 0) is 36.0 Å². The van der Waals surface area contributed by atoms with Crippen LogP contribution in [0.3, 0.4) is 0 Å². The van der Waals surface area contributed by atoms with Crippen LogP contribution in [0.5, 0.6) is 0 Å². The van der Waals surface area contributed by atoms with Crippen molar-refractivity contribution in [2.45, 2.75) is 44.8 Å². The van der Waals surface area contributed by atoms with Crippen LogP contribution in [0.25, 0.3) is 0 Å². The summed E-state index contributed by atoms with van der Waals surface area (Å²) in [5.74, 6) is 0. The van der Waals surface area contributed by atoms with Crippen molar-refractivity contribution >= 4 is 12.6 Å². The highest BCUT2D eigenvalue weighted by molar-refractivity contribution is 6.59. The van der Waals surface area contributed by atoms with Crippen LogP contribution in [-0.2, 0) is 10.3 Å². The zero-order valence-electron chi connectivity index (χ0n) is 11.4. The highest BCUT2D eigenvalue weighted by Gasteiger charge is 2.48. The van der Waals surface area contributed by atoms with Gasteiger partial charge in [-0.25, -0.2) is 0 Å². The Morgan fingerprint density at radius 1 is 1.37 bits per heavy atom. The second-order valence-corrected chi connectivity index (χ2v) is 5.58. The molecular weight excluding hydrogens is 239 g/mol. The van der Waals surface area contributed by atoms with Crippen molar-refractivity contribution in [1.82, 2.24) is 0 Å². The fraction of sp³-hybridized carbons (Fsp3) is 0.467. The van der Waals surface area contributed by atoms with Crippen molar-refractivity contribution < 1.29 is 14.8 Å². The fourth-order valence-electron chi connectivity index (χ4n) is 3.28. The molecule has 4 heteroatoms. The molecular formula is C15H19BO3. The zero-order chi connectivity index (χ0) is 13.6. The Morgan fingerprint density at radius 3 is 2.84 bits per heavy atom. The van der Waals surface area contributed by atoms with Gasteiger partial charge in [0.05, 0.1) is 0 Å². The van der Waals surface area contributed by atoms with E-state index in [0.717, 1.165) is 36.0 Å². The van der Waals surface area contributed by atoms with E-state index < -0.39 is 7.12 Å². The van der Waals surface area contributed by atoms with Crippen LogP contribution in [0, 0.1) is 6.92 Å². The average Bonchev–Trinajstić information content (AvgIpc) is 2.92. The lowest BCUT2D eigenvalue weighted by molar-refractivity contribution is -0.00987. The van der Waals surface area contributed by atoms with Crippen LogP contribution in [0.2, 0.25) is 0 Å². The van der Waals surface area contributed by atoms with E-state index in [1.807, 2.05) is 19.1 Å². The molecule has 3 rings (SSSR count). The molecule has 2 heterocycles. The van der Waals surface area contributed by atoms with Gasteiger partial charge in [0, 0.05) is 0 Å². The predicted octanol–water partition coefficient (Wildman–Crippen LogP) is 1.70. The van der Waals surface area contributed by atoms with Gasteiger partial charge in [-0.3, -0.25) is 0 Å². The van der Waals surface area contributed by atoms with Crippen LogP contribution >= 0.6 is 0 Å². The van der Waals surface area contributed by atoms with E-state index in [1.165, 1.54) is 0 Å². The largest absolute Gasteiger partial charge is 0.488 e. The van der Waals surface area contributed by atoms with Gasteiger partial charge >= 0.3 is 7.12 Å². The van der Waals surface area contributed by atoms with Gasteiger partial charge in [0.25, 0.3) is 0 Å². The molecule has 0 radical (unpaired) electrons.